The van der Waals surface area contributed by atoms with E-state index < -0.39 is 10.0 Å². The predicted octanol–water partition coefficient (Wildman–Crippen LogP) is -0.170. The topological polar surface area (TPSA) is 92.1 Å². The van der Waals surface area contributed by atoms with Crippen molar-refractivity contribution in [2.45, 2.75) is 30.8 Å². The summed E-state index contributed by atoms with van der Waals surface area (Å²) in [6.45, 7) is 2.43. The van der Waals surface area contributed by atoms with Gasteiger partial charge in [0.2, 0.25) is 0 Å². The molecular weight excluding hydrogens is 228 g/mol. The molecule has 90 valence electrons. The summed E-state index contributed by atoms with van der Waals surface area (Å²) in [5.41, 5.74) is 5.44. The van der Waals surface area contributed by atoms with Crippen LogP contribution in [-0.2, 0) is 10.0 Å². The monoisotopic (exact) mass is 244 g/mol. The van der Waals surface area contributed by atoms with Crippen molar-refractivity contribution in [3.63, 3.8) is 0 Å². The summed E-state index contributed by atoms with van der Waals surface area (Å²) in [6.07, 6.45) is 3.20. The van der Waals surface area contributed by atoms with Gasteiger partial charge in [0.05, 0.1) is 6.20 Å². The smallest absolute Gasteiger partial charge is 0.260 e. The SMILES string of the molecule is Cc1ncc(S(=O)(=O)N(CCN)C2CC2)[nH]1. The van der Waals surface area contributed by atoms with E-state index in [1.807, 2.05) is 0 Å². The molecule has 0 spiro atoms. The highest BCUT2D eigenvalue weighted by atomic mass is 32.2. The van der Waals surface area contributed by atoms with E-state index in [1.165, 1.54) is 10.5 Å². The summed E-state index contributed by atoms with van der Waals surface area (Å²) in [6, 6.07) is 0.122. The molecule has 3 N–H and O–H groups in total. The maximum absolute atomic E-state index is 12.2. The third-order valence-corrected chi connectivity index (χ3v) is 4.43. The van der Waals surface area contributed by atoms with Crippen LogP contribution in [-0.4, -0.2) is 41.8 Å². The van der Waals surface area contributed by atoms with Gasteiger partial charge in [-0.1, -0.05) is 0 Å². The summed E-state index contributed by atoms with van der Waals surface area (Å²) >= 11 is 0. The summed E-state index contributed by atoms with van der Waals surface area (Å²) in [5, 5.41) is 0.158. The number of nitrogens with one attached hydrogen (secondary N) is 1. The van der Waals surface area contributed by atoms with E-state index in [1.54, 1.807) is 6.92 Å². The van der Waals surface area contributed by atoms with Gasteiger partial charge in [-0.25, -0.2) is 13.4 Å². The second-order valence-corrected chi connectivity index (χ2v) is 5.83. The van der Waals surface area contributed by atoms with E-state index in [0.29, 0.717) is 18.9 Å². The average Bonchev–Trinajstić information content (AvgIpc) is 2.96. The average molecular weight is 244 g/mol. The van der Waals surface area contributed by atoms with Crippen molar-refractivity contribution in [2.24, 2.45) is 5.73 Å². The zero-order valence-corrected chi connectivity index (χ0v) is 10.00. The first kappa shape index (κ1) is 11.6. The fourth-order valence-electron chi connectivity index (χ4n) is 1.64. The normalized spacial score (nSPS) is 16.9. The van der Waals surface area contributed by atoms with Crippen molar-refractivity contribution in [1.29, 1.82) is 0 Å². The first-order valence-corrected chi connectivity index (χ1v) is 6.73. The molecule has 7 heteroatoms. The Labute approximate surface area is 94.9 Å². The number of nitrogens with two attached hydrogens (primary N) is 1. The largest absolute Gasteiger partial charge is 0.332 e. The van der Waals surface area contributed by atoms with Crippen LogP contribution in [0.15, 0.2) is 11.2 Å². The zero-order valence-electron chi connectivity index (χ0n) is 9.18. The van der Waals surface area contributed by atoms with Crippen molar-refractivity contribution in [2.75, 3.05) is 13.1 Å². The maximum atomic E-state index is 12.2. The highest BCUT2D eigenvalue weighted by Gasteiger charge is 2.38. The molecule has 16 heavy (non-hydrogen) atoms. The van der Waals surface area contributed by atoms with Gasteiger partial charge in [-0.15, -0.1) is 0 Å². The Balaban J connectivity index is 2.28. The van der Waals surface area contributed by atoms with Gasteiger partial charge in [0.25, 0.3) is 10.0 Å². The van der Waals surface area contributed by atoms with E-state index in [4.69, 9.17) is 5.73 Å². The van der Waals surface area contributed by atoms with Crippen LogP contribution in [0.1, 0.15) is 18.7 Å². The second kappa shape index (κ2) is 4.15. The van der Waals surface area contributed by atoms with E-state index in [-0.39, 0.29) is 11.1 Å². The lowest BCUT2D eigenvalue weighted by molar-refractivity contribution is 0.409. The third kappa shape index (κ3) is 2.11. The molecule has 1 fully saturated rings. The van der Waals surface area contributed by atoms with E-state index >= 15 is 0 Å². The molecule has 1 saturated carbocycles. The van der Waals surface area contributed by atoms with Gasteiger partial charge in [-0.3, -0.25) is 0 Å². The molecule has 0 atom stereocenters. The number of imidazole rings is 1. The number of hydrogen-bond acceptors (Lipinski definition) is 4. The van der Waals surface area contributed by atoms with Crippen molar-refractivity contribution in [3.05, 3.63) is 12.0 Å². The molecule has 0 amide bonds. The number of aryl methyl sites for hydroxylation is 1. The fourth-order valence-corrected chi connectivity index (χ4v) is 3.31. The standard InChI is InChI=1S/C9H16N4O2S/c1-7-11-6-9(12-7)16(14,15)13(5-4-10)8-2-3-8/h6,8H,2-5,10H2,1H3,(H,11,12). The van der Waals surface area contributed by atoms with Gasteiger partial charge in [-0.05, 0) is 19.8 Å². The van der Waals surface area contributed by atoms with Crippen molar-refractivity contribution in [1.82, 2.24) is 14.3 Å². The molecule has 1 aliphatic rings. The molecule has 0 aromatic carbocycles. The van der Waals surface area contributed by atoms with Crippen LogP contribution in [0.4, 0.5) is 0 Å². The first-order valence-electron chi connectivity index (χ1n) is 5.29. The van der Waals surface area contributed by atoms with Crippen molar-refractivity contribution >= 4 is 10.0 Å². The Morgan fingerprint density at radius 3 is 2.75 bits per heavy atom. The van der Waals surface area contributed by atoms with Crippen LogP contribution in [0.3, 0.4) is 0 Å². The van der Waals surface area contributed by atoms with Crippen LogP contribution >= 0.6 is 0 Å². The van der Waals surface area contributed by atoms with E-state index in [9.17, 15) is 8.42 Å². The minimum atomic E-state index is -3.44. The van der Waals surface area contributed by atoms with Gasteiger partial charge in [-0.2, -0.15) is 4.31 Å². The number of aromatic amines is 1. The molecule has 1 aromatic heterocycles. The van der Waals surface area contributed by atoms with Gasteiger partial charge < -0.3 is 10.7 Å². The van der Waals surface area contributed by atoms with Crippen molar-refractivity contribution < 1.29 is 8.42 Å². The number of aromatic nitrogens is 2. The molecule has 1 heterocycles. The Bertz CT molecular complexity index is 464. The quantitative estimate of drug-likeness (QED) is 0.752. The third-order valence-electron chi connectivity index (χ3n) is 2.57. The predicted molar refractivity (Wildman–Crippen MR) is 59.3 cm³/mol. The molecule has 0 bridgehead atoms. The van der Waals surface area contributed by atoms with Crippen LogP contribution in [0, 0.1) is 6.92 Å². The molecule has 0 radical (unpaired) electrons. The summed E-state index contributed by atoms with van der Waals surface area (Å²) in [7, 11) is -3.44. The van der Waals surface area contributed by atoms with Crippen LogP contribution in [0.2, 0.25) is 0 Å². The van der Waals surface area contributed by atoms with Crippen LogP contribution < -0.4 is 5.73 Å². The fraction of sp³-hybridized carbons (Fsp3) is 0.667. The first-order chi connectivity index (χ1) is 7.55. The lowest BCUT2D eigenvalue weighted by atomic mass is 10.6. The number of sulfonamides is 1. The highest BCUT2D eigenvalue weighted by Crippen LogP contribution is 2.31. The van der Waals surface area contributed by atoms with Crippen LogP contribution in [0.25, 0.3) is 0 Å². The molecule has 0 unspecified atom stereocenters. The second-order valence-electron chi connectivity index (χ2n) is 3.97. The lowest BCUT2D eigenvalue weighted by Crippen LogP contribution is -2.37. The molecule has 0 saturated heterocycles. The van der Waals surface area contributed by atoms with Gasteiger partial charge in [0.15, 0.2) is 5.03 Å². The molecule has 1 aromatic rings. The van der Waals surface area contributed by atoms with E-state index in [2.05, 4.69) is 9.97 Å². The summed E-state index contributed by atoms with van der Waals surface area (Å²) in [5.74, 6) is 0.599. The minimum Gasteiger partial charge on any atom is -0.332 e. The number of hydrogen-bond donors (Lipinski definition) is 2. The number of nitrogens with zero attached hydrogens (tertiary/aromatic N) is 2. The lowest BCUT2D eigenvalue weighted by Gasteiger charge is -2.19. The van der Waals surface area contributed by atoms with Crippen molar-refractivity contribution in [3.8, 4) is 0 Å². The summed E-state index contributed by atoms with van der Waals surface area (Å²) < 4.78 is 25.9. The molecule has 2 rings (SSSR count). The highest BCUT2D eigenvalue weighted by molar-refractivity contribution is 7.89. The Hall–Kier alpha value is -0.920. The molecule has 1 aliphatic carbocycles. The molecule has 0 aliphatic heterocycles. The minimum absolute atomic E-state index is 0.122. The van der Waals surface area contributed by atoms with E-state index in [0.717, 1.165) is 12.8 Å². The van der Waals surface area contributed by atoms with Gasteiger partial charge in [0.1, 0.15) is 5.82 Å². The summed E-state index contributed by atoms with van der Waals surface area (Å²) in [4.78, 5) is 6.67. The Morgan fingerprint density at radius 2 is 2.31 bits per heavy atom. The zero-order chi connectivity index (χ0) is 11.8. The van der Waals surface area contributed by atoms with Gasteiger partial charge >= 0.3 is 0 Å². The molecular formula is C9H16N4O2S. The Morgan fingerprint density at radius 1 is 1.62 bits per heavy atom. The number of H-pyrrole nitrogens is 1. The van der Waals surface area contributed by atoms with Gasteiger partial charge in [0, 0.05) is 19.1 Å². The maximum Gasteiger partial charge on any atom is 0.260 e. The Kier molecular flexibility index (Phi) is 3.00. The number of rotatable bonds is 5. The van der Waals surface area contributed by atoms with Crippen LogP contribution in [0.5, 0.6) is 0 Å². The molecule has 6 nitrogen and oxygen atoms in total.